The molecular formula is C26H19F2N3O3S. The van der Waals surface area contributed by atoms with Gasteiger partial charge in [0.05, 0.1) is 5.56 Å². The van der Waals surface area contributed by atoms with Crippen molar-refractivity contribution in [1.82, 2.24) is 4.98 Å². The first-order valence-corrected chi connectivity index (χ1v) is 11.4. The molecule has 0 aliphatic heterocycles. The molecule has 0 spiro atoms. The van der Waals surface area contributed by atoms with Crippen LogP contribution in [0.2, 0.25) is 0 Å². The summed E-state index contributed by atoms with van der Waals surface area (Å²) in [6.45, 7) is 0. The summed E-state index contributed by atoms with van der Waals surface area (Å²) in [6, 6.07) is 17.5. The van der Waals surface area contributed by atoms with Crippen molar-refractivity contribution in [1.29, 1.82) is 0 Å². The predicted molar refractivity (Wildman–Crippen MR) is 131 cm³/mol. The van der Waals surface area contributed by atoms with E-state index in [1.54, 1.807) is 30.1 Å². The van der Waals surface area contributed by atoms with Crippen LogP contribution in [0.1, 0.15) is 26.3 Å². The number of halogens is 2. The van der Waals surface area contributed by atoms with Crippen molar-refractivity contribution in [3.8, 4) is 5.75 Å². The van der Waals surface area contributed by atoms with Crippen molar-refractivity contribution >= 4 is 35.0 Å². The average molecular weight is 492 g/mol. The Bertz CT molecular complexity index is 1350. The first-order valence-electron chi connectivity index (χ1n) is 10.4. The quantitative estimate of drug-likeness (QED) is 0.282. The second-order valence-corrected chi connectivity index (χ2v) is 8.52. The SMILES string of the molecule is O=C(Nc1ccc(C(=O)Nc2ccc(SCc3cccnc3)cc2)c(O)c1)c1cc(F)cc(F)c1. The Labute approximate surface area is 204 Å². The molecule has 0 saturated carbocycles. The molecule has 4 rings (SSSR count). The van der Waals surface area contributed by atoms with Crippen LogP contribution in [0.3, 0.4) is 0 Å². The van der Waals surface area contributed by atoms with E-state index in [1.165, 1.54) is 18.2 Å². The van der Waals surface area contributed by atoms with Crippen molar-refractivity contribution < 1.29 is 23.5 Å². The number of hydrogen-bond acceptors (Lipinski definition) is 5. The van der Waals surface area contributed by atoms with Gasteiger partial charge < -0.3 is 15.7 Å². The minimum Gasteiger partial charge on any atom is -0.507 e. The standard InChI is InChI=1S/C26H19F2N3O3S/c27-18-10-17(11-19(28)12-18)25(33)31-21-5-8-23(24(32)13-21)26(34)30-20-3-6-22(7-4-20)35-15-16-2-1-9-29-14-16/h1-14,32H,15H2,(H,30,34)(H,31,33). The molecule has 4 aromatic rings. The van der Waals surface area contributed by atoms with Gasteiger partial charge in [-0.15, -0.1) is 11.8 Å². The highest BCUT2D eigenvalue weighted by Gasteiger charge is 2.14. The number of carbonyl (C=O) groups excluding carboxylic acids is 2. The fourth-order valence-corrected chi connectivity index (χ4v) is 4.01. The van der Waals surface area contributed by atoms with E-state index < -0.39 is 23.4 Å². The number of phenolic OH excluding ortho intramolecular Hbond substituents is 1. The number of hydrogen-bond donors (Lipinski definition) is 3. The van der Waals surface area contributed by atoms with Crippen LogP contribution in [0, 0.1) is 11.6 Å². The third-order valence-electron chi connectivity index (χ3n) is 4.87. The second kappa shape index (κ2) is 10.8. The molecule has 0 bridgehead atoms. The molecule has 6 nitrogen and oxygen atoms in total. The lowest BCUT2D eigenvalue weighted by Crippen LogP contribution is -2.14. The maximum absolute atomic E-state index is 13.3. The smallest absolute Gasteiger partial charge is 0.259 e. The van der Waals surface area contributed by atoms with Gasteiger partial charge in [0.1, 0.15) is 17.4 Å². The number of carbonyl (C=O) groups is 2. The van der Waals surface area contributed by atoms with Gasteiger partial charge in [0.2, 0.25) is 0 Å². The summed E-state index contributed by atoms with van der Waals surface area (Å²) in [7, 11) is 0. The summed E-state index contributed by atoms with van der Waals surface area (Å²) >= 11 is 1.64. The van der Waals surface area contributed by atoms with Gasteiger partial charge >= 0.3 is 0 Å². The van der Waals surface area contributed by atoms with Crippen LogP contribution < -0.4 is 10.6 Å². The molecule has 2 amide bonds. The number of thioether (sulfide) groups is 1. The van der Waals surface area contributed by atoms with Crippen LogP contribution in [-0.4, -0.2) is 21.9 Å². The average Bonchev–Trinajstić information content (AvgIpc) is 2.83. The predicted octanol–water partition coefficient (Wildman–Crippen LogP) is 5.86. The van der Waals surface area contributed by atoms with Gasteiger partial charge in [-0.3, -0.25) is 14.6 Å². The van der Waals surface area contributed by atoms with Crippen LogP contribution in [0.4, 0.5) is 20.2 Å². The molecule has 3 N–H and O–H groups in total. The van der Waals surface area contributed by atoms with E-state index in [0.29, 0.717) is 11.8 Å². The number of anilines is 2. The molecule has 0 fully saturated rings. The Morgan fingerprint density at radius 2 is 1.54 bits per heavy atom. The number of nitrogens with one attached hydrogen (secondary N) is 2. The van der Waals surface area contributed by atoms with E-state index in [-0.39, 0.29) is 22.6 Å². The number of aromatic hydroxyl groups is 1. The third kappa shape index (κ3) is 6.42. The lowest BCUT2D eigenvalue weighted by molar-refractivity contribution is 0.101. The number of amides is 2. The van der Waals surface area contributed by atoms with Crippen LogP contribution >= 0.6 is 11.8 Å². The summed E-state index contributed by atoms with van der Waals surface area (Å²) in [5.41, 5.74) is 1.59. The first-order chi connectivity index (χ1) is 16.9. The second-order valence-electron chi connectivity index (χ2n) is 7.47. The Hall–Kier alpha value is -4.24. The van der Waals surface area contributed by atoms with E-state index >= 15 is 0 Å². The molecule has 176 valence electrons. The molecule has 1 heterocycles. The van der Waals surface area contributed by atoms with E-state index in [1.807, 2.05) is 30.5 Å². The molecule has 9 heteroatoms. The van der Waals surface area contributed by atoms with Crippen LogP contribution in [-0.2, 0) is 5.75 Å². The zero-order valence-corrected chi connectivity index (χ0v) is 19.0. The van der Waals surface area contributed by atoms with Crippen molar-refractivity contribution in [2.45, 2.75) is 10.6 Å². The van der Waals surface area contributed by atoms with Gasteiger partial charge in [-0.2, -0.15) is 0 Å². The minimum atomic E-state index is -0.884. The van der Waals surface area contributed by atoms with Crippen molar-refractivity contribution in [2.24, 2.45) is 0 Å². The molecule has 0 aliphatic rings. The molecule has 35 heavy (non-hydrogen) atoms. The minimum absolute atomic E-state index is 0.00479. The Balaban J connectivity index is 1.36. The van der Waals surface area contributed by atoms with Crippen molar-refractivity contribution in [3.63, 3.8) is 0 Å². The fraction of sp³-hybridized carbons (Fsp3) is 0.0385. The molecule has 1 aromatic heterocycles. The Morgan fingerprint density at radius 3 is 2.20 bits per heavy atom. The molecule has 0 aliphatic carbocycles. The monoisotopic (exact) mass is 491 g/mol. The summed E-state index contributed by atoms with van der Waals surface area (Å²) in [6.07, 6.45) is 3.54. The van der Waals surface area contributed by atoms with E-state index in [0.717, 1.165) is 28.3 Å². The lowest BCUT2D eigenvalue weighted by atomic mass is 10.1. The van der Waals surface area contributed by atoms with E-state index in [9.17, 15) is 23.5 Å². The molecule has 3 aromatic carbocycles. The molecule has 0 atom stereocenters. The molecule has 0 saturated heterocycles. The third-order valence-corrected chi connectivity index (χ3v) is 5.95. The van der Waals surface area contributed by atoms with E-state index in [4.69, 9.17) is 0 Å². The molecular weight excluding hydrogens is 472 g/mol. The zero-order chi connectivity index (χ0) is 24.8. The first kappa shape index (κ1) is 23.9. The highest BCUT2D eigenvalue weighted by Crippen LogP contribution is 2.26. The Kier molecular flexibility index (Phi) is 7.37. The summed E-state index contributed by atoms with van der Waals surface area (Å²) < 4.78 is 26.7. The fourth-order valence-electron chi connectivity index (χ4n) is 3.17. The van der Waals surface area contributed by atoms with E-state index in [2.05, 4.69) is 15.6 Å². The van der Waals surface area contributed by atoms with Crippen LogP contribution in [0.15, 0.2) is 90.1 Å². The summed E-state index contributed by atoms with van der Waals surface area (Å²) in [5, 5.41) is 15.4. The van der Waals surface area contributed by atoms with Gasteiger partial charge in [-0.25, -0.2) is 8.78 Å². The van der Waals surface area contributed by atoms with Gasteiger partial charge in [0, 0.05) is 52.1 Å². The highest BCUT2D eigenvalue weighted by atomic mass is 32.2. The van der Waals surface area contributed by atoms with Crippen LogP contribution in [0.25, 0.3) is 0 Å². The largest absolute Gasteiger partial charge is 0.507 e. The van der Waals surface area contributed by atoms with Crippen molar-refractivity contribution in [2.75, 3.05) is 10.6 Å². The normalized spacial score (nSPS) is 10.6. The van der Waals surface area contributed by atoms with Gasteiger partial charge in [0.25, 0.3) is 11.8 Å². The number of aromatic nitrogens is 1. The topological polar surface area (TPSA) is 91.3 Å². The maximum atomic E-state index is 13.3. The summed E-state index contributed by atoms with van der Waals surface area (Å²) in [5.74, 6) is -2.67. The number of rotatable bonds is 7. The molecule has 0 unspecified atom stereocenters. The zero-order valence-electron chi connectivity index (χ0n) is 18.2. The number of pyridine rings is 1. The van der Waals surface area contributed by atoms with Gasteiger partial charge in [-0.1, -0.05) is 6.07 Å². The number of benzene rings is 3. The maximum Gasteiger partial charge on any atom is 0.259 e. The number of phenols is 1. The lowest BCUT2D eigenvalue weighted by Gasteiger charge is -2.10. The van der Waals surface area contributed by atoms with Crippen molar-refractivity contribution in [3.05, 3.63) is 114 Å². The number of nitrogens with zero attached hydrogens (tertiary/aromatic N) is 1. The van der Waals surface area contributed by atoms with Gasteiger partial charge in [-0.05, 0) is 60.2 Å². The van der Waals surface area contributed by atoms with Gasteiger partial charge in [0.15, 0.2) is 0 Å². The van der Waals surface area contributed by atoms with Crippen LogP contribution in [0.5, 0.6) is 5.75 Å². The highest BCUT2D eigenvalue weighted by molar-refractivity contribution is 7.98. The molecule has 0 radical (unpaired) electrons. The Morgan fingerprint density at radius 1 is 0.857 bits per heavy atom. The summed E-state index contributed by atoms with van der Waals surface area (Å²) in [4.78, 5) is 30.0.